The molecular formula is C16H16N4O3S. The molecule has 0 aliphatic rings. The van der Waals surface area contributed by atoms with Crippen LogP contribution in [0.1, 0.15) is 17.9 Å². The fraction of sp³-hybridized carbons (Fsp3) is 0.250. The Labute approximate surface area is 141 Å². The van der Waals surface area contributed by atoms with Crippen LogP contribution in [0.4, 0.5) is 0 Å². The number of amides is 1. The van der Waals surface area contributed by atoms with E-state index in [0.717, 1.165) is 10.6 Å². The first-order valence-corrected chi connectivity index (χ1v) is 8.31. The third kappa shape index (κ3) is 3.77. The highest BCUT2D eigenvalue weighted by atomic mass is 32.1. The molecule has 0 saturated carbocycles. The van der Waals surface area contributed by atoms with Crippen LogP contribution in [0.25, 0.3) is 10.8 Å². The highest BCUT2D eigenvalue weighted by molar-refractivity contribution is 7.13. The Kier molecular flexibility index (Phi) is 4.85. The highest BCUT2D eigenvalue weighted by Gasteiger charge is 2.11. The summed E-state index contributed by atoms with van der Waals surface area (Å²) in [6.45, 7) is 2.37. The zero-order valence-electron chi connectivity index (χ0n) is 13.1. The summed E-state index contributed by atoms with van der Waals surface area (Å²) in [7, 11) is 0. The third-order valence-corrected chi connectivity index (χ3v) is 4.33. The minimum atomic E-state index is -0.173. The van der Waals surface area contributed by atoms with Gasteiger partial charge in [-0.25, -0.2) is 0 Å². The molecule has 3 heterocycles. The van der Waals surface area contributed by atoms with Gasteiger partial charge < -0.3 is 14.4 Å². The average Bonchev–Trinajstić information content (AvgIpc) is 3.23. The zero-order valence-corrected chi connectivity index (χ0v) is 13.9. The van der Waals surface area contributed by atoms with Gasteiger partial charge in [-0.1, -0.05) is 17.3 Å². The van der Waals surface area contributed by atoms with E-state index >= 15 is 0 Å². The van der Waals surface area contributed by atoms with Gasteiger partial charge in [0.25, 0.3) is 11.4 Å². The van der Waals surface area contributed by atoms with Gasteiger partial charge in [-0.05, 0) is 24.4 Å². The summed E-state index contributed by atoms with van der Waals surface area (Å²) in [4.78, 5) is 28.8. The molecule has 0 aliphatic heterocycles. The Morgan fingerprint density at radius 3 is 2.96 bits per heavy atom. The summed E-state index contributed by atoms with van der Waals surface area (Å²) >= 11 is 1.51. The van der Waals surface area contributed by atoms with Crippen LogP contribution in [0, 0.1) is 6.92 Å². The van der Waals surface area contributed by atoms with Crippen LogP contribution in [0.15, 0.2) is 45.0 Å². The second-order valence-corrected chi connectivity index (χ2v) is 6.12. The summed E-state index contributed by atoms with van der Waals surface area (Å²) in [6, 6.07) is 8.82. The fourth-order valence-corrected chi connectivity index (χ4v) is 2.86. The molecule has 124 valence electrons. The normalized spacial score (nSPS) is 10.7. The Hall–Kier alpha value is -2.74. The van der Waals surface area contributed by atoms with E-state index in [-0.39, 0.29) is 24.4 Å². The SMILES string of the molecule is Cc1cccc(=O)n1CCC(=O)NCc1noc(-c2cccs2)n1. The van der Waals surface area contributed by atoms with E-state index in [2.05, 4.69) is 15.5 Å². The molecule has 0 atom stereocenters. The monoisotopic (exact) mass is 344 g/mol. The molecule has 3 aromatic heterocycles. The number of hydrogen-bond acceptors (Lipinski definition) is 6. The lowest BCUT2D eigenvalue weighted by atomic mass is 10.3. The van der Waals surface area contributed by atoms with Crippen LogP contribution < -0.4 is 10.9 Å². The fourth-order valence-electron chi connectivity index (χ4n) is 2.22. The van der Waals surface area contributed by atoms with Gasteiger partial charge in [-0.3, -0.25) is 9.59 Å². The van der Waals surface area contributed by atoms with Crippen molar-refractivity contribution in [3.8, 4) is 10.8 Å². The third-order valence-electron chi connectivity index (χ3n) is 3.47. The number of aromatic nitrogens is 3. The van der Waals surface area contributed by atoms with E-state index in [9.17, 15) is 9.59 Å². The molecule has 0 spiro atoms. The van der Waals surface area contributed by atoms with E-state index in [1.54, 1.807) is 10.6 Å². The first-order valence-electron chi connectivity index (χ1n) is 7.43. The maximum atomic E-state index is 11.9. The van der Waals surface area contributed by atoms with Crippen molar-refractivity contribution >= 4 is 17.2 Å². The highest BCUT2D eigenvalue weighted by Crippen LogP contribution is 2.22. The Balaban J connectivity index is 1.52. The van der Waals surface area contributed by atoms with Crippen LogP contribution >= 0.6 is 11.3 Å². The van der Waals surface area contributed by atoms with Gasteiger partial charge in [0.05, 0.1) is 11.4 Å². The van der Waals surface area contributed by atoms with E-state index in [1.807, 2.05) is 30.5 Å². The molecule has 3 rings (SSSR count). The van der Waals surface area contributed by atoms with E-state index < -0.39 is 0 Å². The molecule has 0 aromatic carbocycles. The number of carbonyl (C=O) groups is 1. The number of thiophene rings is 1. The second-order valence-electron chi connectivity index (χ2n) is 5.18. The molecule has 0 aliphatic carbocycles. The maximum Gasteiger partial charge on any atom is 0.268 e. The van der Waals surface area contributed by atoms with E-state index in [4.69, 9.17) is 4.52 Å². The van der Waals surface area contributed by atoms with Gasteiger partial charge in [0.1, 0.15) is 0 Å². The van der Waals surface area contributed by atoms with Crippen molar-refractivity contribution < 1.29 is 9.32 Å². The molecule has 0 fully saturated rings. The number of rotatable bonds is 6. The van der Waals surface area contributed by atoms with Gasteiger partial charge >= 0.3 is 0 Å². The first-order chi connectivity index (χ1) is 11.6. The van der Waals surface area contributed by atoms with Crippen LogP contribution in [-0.4, -0.2) is 20.6 Å². The average molecular weight is 344 g/mol. The Morgan fingerprint density at radius 1 is 1.33 bits per heavy atom. The smallest absolute Gasteiger partial charge is 0.268 e. The van der Waals surface area contributed by atoms with Crippen molar-refractivity contribution in [2.45, 2.75) is 26.4 Å². The molecule has 1 N–H and O–H groups in total. The molecule has 7 nitrogen and oxygen atoms in total. The summed E-state index contributed by atoms with van der Waals surface area (Å²) in [5.74, 6) is 0.688. The summed E-state index contributed by atoms with van der Waals surface area (Å²) < 4.78 is 6.73. The molecule has 0 bridgehead atoms. The molecular weight excluding hydrogens is 328 g/mol. The van der Waals surface area contributed by atoms with Crippen molar-refractivity contribution in [1.82, 2.24) is 20.0 Å². The number of pyridine rings is 1. The van der Waals surface area contributed by atoms with Gasteiger partial charge in [-0.15, -0.1) is 11.3 Å². The zero-order chi connectivity index (χ0) is 16.9. The standard InChI is InChI=1S/C16H16N4O3S/c1-11-4-2-6-15(22)20(11)8-7-14(21)17-10-13-18-16(23-19-13)12-5-3-9-24-12/h2-6,9H,7-8,10H2,1H3,(H,17,21). The van der Waals surface area contributed by atoms with Crippen molar-refractivity contribution in [3.63, 3.8) is 0 Å². The quantitative estimate of drug-likeness (QED) is 0.738. The number of nitrogens with one attached hydrogen (secondary N) is 1. The molecule has 8 heteroatoms. The molecule has 0 radical (unpaired) electrons. The Morgan fingerprint density at radius 2 is 2.21 bits per heavy atom. The minimum absolute atomic E-state index is 0.110. The number of aryl methyl sites for hydroxylation is 1. The lowest BCUT2D eigenvalue weighted by Gasteiger charge is -2.08. The predicted octanol–water partition coefficient (Wildman–Crippen LogP) is 1.97. The first kappa shape index (κ1) is 16.1. The minimum Gasteiger partial charge on any atom is -0.349 e. The topological polar surface area (TPSA) is 90.0 Å². The lowest BCUT2D eigenvalue weighted by Crippen LogP contribution is -2.28. The summed E-state index contributed by atoms with van der Waals surface area (Å²) in [5, 5.41) is 8.50. The van der Waals surface area contributed by atoms with Gasteiger partial charge in [-0.2, -0.15) is 4.98 Å². The largest absolute Gasteiger partial charge is 0.349 e. The molecule has 0 unspecified atom stereocenters. The van der Waals surface area contributed by atoms with Gasteiger partial charge in [0.15, 0.2) is 5.82 Å². The number of carbonyl (C=O) groups excluding carboxylic acids is 1. The van der Waals surface area contributed by atoms with E-state index in [1.165, 1.54) is 17.4 Å². The molecule has 3 aromatic rings. The van der Waals surface area contributed by atoms with Crippen molar-refractivity contribution in [2.75, 3.05) is 0 Å². The van der Waals surface area contributed by atoms with Crippen LogP contribution in [0.2, 0.25) is 0 Å². The van der Waals surface area contributed by atoms with Crippen molar-refractivity contribution in [3.05, 3.63) is 57.6 Å². The molecule has 1 amide bonds. The van der Waals surface area contributed by atoms with Crippen molar-refractivity contribution in [1.29, 1.82) is 0 Å². The predicted molar refractivity (Wildman–Crippen MR) is 89.5 cm³/mol. The van der Waals surface area contributed by atoms with Crippen molar-refractivity contribution in [2.24, 2.45) is 0 Å². The lowest BCUT2D eigenvalue weighted by molar-refractivity contribution is -0.121. The summed E-state index contributed by atoms with van der Waals surface area (Å²) in [5.41, 5.74) is 0.718. The van der Waals surface area contributed by atoms with Crippen LogP contribution in [0.5, 0.6) is 0 Å². The van der Waals surface area contributed by atoms with Crippen LogP contribution in [0.3, 0.4) is 0 Å². The Bertz CT molecular complexity index is 883. The summed E-state index contributed by atoms with van der Waals surface area (Å²) in [6.07, 6.45) is 0.209. The van der Waals surface area contributed by atoms with Crippen LogP contribution in [-0.2, 0) is 17.9 Å². The van der Waals surface area contributed by atoms with Gasteiger partial charge in [0, 0.05) is 24.7 Å². The molecule has 24 heavy (non-hydrogen) atoms. The van der Waals surface area contributed by atoms with E-state index in [0.29, 0.717) is 18.3 Å². The van der Waals surface area contributed by atoms with Gasteiger partial charge in [0.2, 0.25) is 5.91 Å². The second kappa shape index (κ2) is 7.22. The maximum absolute atomic E-state index is 11.9. The number of nitrogens with zero attached hydrogens (tertiary/aromatic N) is 3. The molecule has 0 saturated heterocycles. The number of hydrogen-bond donors (Lipinski definition) is 1.